The SMILES string of the molecule is CC(C)[C@@H]1CC[C@@H](C)C[C@H]1O[C@@H]1CCCc2ccccc21. The molecule has 0 bridgehead atoms. The predicted molar refractivity (Wildman–Crippen MR) is 88.3 cm³/mol. The van der Waals surface area contributed by atoms with Gasteiger partial charge in [0.2, 0.25) is 0 Å². The minimum absolute atomic E-state index is 0.339. The van der Waals surface area contributed by atoms with Gasteiger partial charge in [-0.1, -0.05) is 51.5 Å². The molecule has 2 aliphatic rings. The summed E-state index contributed by atoms with van der Waals surface area (Å²) in [5, 5.41) is 0. The van der Waals surface area contributed by atoms with Crippen LogP contribution in [0, 0.1) is 17.8 Å². The van der Waals surface area contributed by atoms with E-state index in [1.54, 1.807) is 0 Å². The highest BCUT2D eigenvalue weighted by atomic mass is 16.5. The standard InChI is InChI=1S/C20H30O/c1-14(2)17-12-11-15(3)13-20(17)21-19-10-6-8-16-7-4-5-9-18(16)19/h4-5,7,9,14-15,17,19-20H,6,8,10-13H2,1-3H3/t15-,17+,19-,20-/m1/s1. The van der Waals surface area contributed by atoms with Gasteiger partial charge in [0.05, 0.1) is 12.2 Å². The van der Waals surface area contributed by atoms with E-state index >= 15 is 0 Å². The Morgan fingerprint density at radius 3 is 2.71 bits per heavy atom. The summed E-state index contributed by atoms with van der Waals surface area (Å²) in [6.07, 6.45) is 8.48. The van der Waals surface area contributed by atoms with Crippen molar-refractivity contribution in [2.45, 2.75) is 71.5 Å². The smallest absolute Gasteiger partial charge is 0.0831 e. The third-order valence-corrected chi connectivity index (χ3v) is 5.61. The first-order valence-electron chi connectivity index (χ1n) is 8.88. The lowest BCUT2D eigenvalue weighted by Crippen LogP contribution is -2.35. The van der Waals surface area contributed by atoms with Crippen LogP contribution in [0.4, 0.5) is 0 Å². The van der Waals surface area contributed by atoms with Gasteiger partial charge in [-0.05, 0) is 61.0 Å². The van der Waals surface area contributed by atoms with Gasteiger partial charge in [0.25, 0.3) is 0 Å². The van der Waals surface area contributed by atoms with Gasteiger partial charge < -0.3 is 4.74 Å². The fraction of sp³-hybridized carbons (Fsp3) is 0.700. The van der Waals surface area contributed by atoms with Gasteiger partial charge in [0.1, 0.15) is 0 Å². The number of hydrogen-bond acceptors (Lipinski definition) is 1. The molecule has 0 radical (unpaired) electrons. The molecule has 4 atom stereocenters. The lowest BCUT2D eigenvalue weighted by molar-refractivity contribution is -0.0871. The highest BCUT2D eigenvalue weighted by Gasteiger charge is 2.34. The average molecular weight is 286 g/mol. The molecule has 2 aliphatic carbocycles. The zero-order valence-corrected chi connectivity index (χ0v) is 13.8. The van der Waals surface area contributed by atoms with Gasteiger partial charge in [-0.15, -0.1) is 0 Å². The molecule has 0 spiro atoms. The molecule has 0 heterocycles. The van der Waals surface area contributed by atoms with Gasteiger partial charge in [-0.2, -0.15) is 0 Å². The Morgan fingerprint density at radius 1 is 1.10 bits per heavy atom. The molecule has 0 saturated heterocycles. The second-order valence-corrected chi connectivity index (χ2v) is 7.58. The molecule has 1 nitrogen and oxygen atoms in total. The van der Waals surface area contributed by atoms with Crippen LogP contribution in [0.5, 0.6) is 0 Å². The summed E-state index contributed by atoms with van der Waals surface area (Å²) in [5.41, 5.74) is 2.98. The second kappa shape index (κ2) is 6.52. The Balaban J connectivity index is 1.76. The molecule has 1 aromatic rings. The first kappa shape index (κ1) is 15.1. The van der Waals surface area contributed by atoms with Crippen molar-refractivity contribution in [3.63, 3.8) is 0 Å². The Kier molecular flexibility index (Phi) is 4.69. The third kappa shape index (κ3) is 3.34. The molecule has 1 aromatic carbocycles. The van der Waals surface area contributed by atoms with Crippen LogP contribution in [-0.4, -0.2) is 6.10 Å². The van der Waals surface area contributed by atoms with E-state index in [0.717, 1.165) is 17.8 Å². The molecule has 116 valence electrons. The van der Waals surface area contributed by atoms with Crippen molar-refractivity contribution in [2.24, 2.45) is 17.8 Å². The van der Waals surface area contributed by atoms with E-state index in [1.165, 1.54) is 49.7 Å². The van der Waals surface area contributed by atoms with E-state index in [-0.39, 0.29) is 0 Å². The zero-order valence-electron chi connectivity index (χ0n) is 13.8. The van der Waals surface area contributed by atoms with Crippen LogP contribution in [0.25, 0.3) is 0 Å². The number of benzene rings is 1. The van der Waals surface area contributed by atoms with Gasteiger partial charge in [-0.3, -0.25) is 0 Å². The molecule has 21 heavy (non-hydrogen) atoms. The third-order valence-electron chi connectivity index (χ3n) is 5.61. The van der Waals surface area contributed by atoms with Crippen molar-refractivity contribution >= 4 is 0 Å². The van der Waals surface area contributed by atoms with Crippen LogP contribution in [0.3, 0.4) is 0 Å². The molecule has 0 aromatic heterocycles. The van der Waals surface area contributed by atoms with Crippen LogP contribution < -0.4 is 0 Å². The molecule has 0 aliphatic heterocycles. The van der Waals surface area contributed by atoms with Crippen LogP contribution in [0.15, 0.2) is 24.3 Å². The van der Waals surface area contributed by atoms with Crippen molar-refractivity contribution in [1.29, 1.82) is 0 Å². The van der Waals surface area contributed by atoms with Crippen molar-refractivity contribution in [3.8, 4) is 0 Å². The van der Waals surface area contributed by atoms with E-state index in [0.29, 0.717) is 12.2 Å². The average Bonchev–Trinajstić information content (AvgIpc) is 2.47. The lowest BCUT2D eigenvalue weighted by atomic mass is 9.75. The van der Waals surface area contributed by atoms with Crippen molar-refractivity contribution < 1.29 is 4.74 Å². The molecular formula is C20H30O. The zero-order chi connectivity index (χ0) is 14.8. The van der Waals surface area contributed by atoms with E-state index in [1.807, 2.05) is 0 Å². The van der Waals surface area contributed by atoms with Crippen molar-refractivity contribution in [3.05, 3.63) is 35.4 Å². The molecule has 0 amide bonds. The first-order chi connectivity index (χ1) is 10.1. The van der Waals surface area contributed by atoms with Crippen LogP contribution >= 0.6 is 0 Å². The maximum absolute atomic E-state index is 6.70. The molecular weight excluding hydrogens is 256 g/mol. The molecule has 1 fully saturated rings. The monoisotopic (exact) mass is 286 g/mol. The molecule has 3 rings (SSSR count). The number of ether oxygens (including phenoxy) is 1. The second-order valence-electron chi connectivity index (χ2n) is 7.58. The van der Waals surface area contributed by atoms with E-state index in [2.05, 4.69) is 45.0 Å². The Bertz CT molecular complexity index is 465. The molecule has 1 heteroatoms. The molecule has 0 N–H and O–H groups in total. The summed E-state index contributed by atoms with van der Waals surface area (Å²) in [4.78, 5) is 0. The van der Waals surface area contributed by atoms with Gasteiger partial charge in [-0.25, -0.2) is 0 Å². The van der Waals surface area contributed by atoms with Gasteiger partial charge >= 0.3 is 0 Å². The maximum Gasteiger partial charge on any atom is 0.0831 e. The fourth-order valence-electron chi connectivity index (χ4n) is 4.33. The lowest BCUT2D eigenvalue weighted by Gasteiger charge is -2.40. The molecule has 0 unspecified atom stereocenters. The summed E-state index contributed by atoms with van der Waals surface area (Å²) >= 11 is 0. The summed E-state index contributed by atoms with van der Waals surface area (Å²) in [7, 11) is 0. The normalized spacial score (nSPS) is 33.0. The van der Waals surface area contributed by atoms with E-state index in [9.17, 15) is 0 Å². The predicted octanol–water partition coefficient (Wildman–Crippen LogP) is 5.54. The molecule has 1 saturated carbocycles. The Labute approximate surface area is 130 Å². The summed E-state index contributed by atoms with van der Waals surface area (Å²) in [6, 6.07) is 8.91. The van der Waals surface area contributed by atoms with Crippen LogP contribution in [0.2, 0.25) is 0 Å². The van der Waals surface area contributed by atoms with Crippen LogP contribution in [-0.2, 0) is 11.2 Å². The summed E-state index contributed by atoms with van der Waals surface area (Å²) < 4.78 is 6.70. The van der Waals surface area contributed by atoms with Crippen LogP contribution in [0.1, 0.15) is 70.1 Å². The van der Waals surface area contributed by atoms with Crippen molar-refractivity contribution in [1.82, 2.24) is 0 Å². The number of hydrogen-bond donors (Lipinski definition) is 0. The van der Waals surface area contributed by atoms with Gasteiger partial charge in [0.15, 0.2) is 0 Å². The fourth-order valence-corrected chi connectivity index (χ4v) is 4.33. The number of fused-ring (bicyclic) bond motifs is 1. The summed E-state index contributed by atoms with van der Waals surface area (Å²) in [6.45, 7) is 7.12. The minimum atomic E-state index is 0.339. The topological polar surface area (TPSA) is 9.23 Å². The van der Waals surface area contributed by atoms with Crippen molar-refractivity contribution in [2.75, 3.05) is 0 Å². The number of rotatable bonds is 3. The quantitative estimate of drug-likeness (QED) is 0.708. The maximum atomic E-state index is 6.70. The van der Waals surface area contributed by atoms with E-state index < -0.39 is 0 Å². The Hall–Kier alpha value is -0.820. The first-order valence-corrected chi connectivity index (χ1v) is 8.88. The summed E-state index contributed by atoms with van der Waals surface area (Å²) in [5.74, 6) is 2.31. The minimum Gasteiger partial charge on any atom is -0.370 e. The highest BCUT2D eigenvalue weighted by Crippen LogP contribution is 2.40. The Morgan fingerprint density at radius 2 is 1.90 bits per heavy atom. The number of aryl methyl sites for hydroxylation is 1. The van der Waals surface area contributed by atoms with E-state index in [4.69, 9.17) is 4.74 Å². The van der Waals surface area contributed by atoms with Gasteiger partial charge in [0, 0.05) is 0 Å². The highest BCUT2D eigenvalue weighted by molar-refractivity contribution is 5.31. The largest absolute Gasteiger partial charge is 0.370 e.